The van der Waals surface area contributed by atoms with Crippen LogP contribution in [0.2, 0.25) is 0 Å². The summed E-state index contributed by atoms with van der Waals surface area (Å²) < 4.78 is 5.80. The molecule has 2 bridgehead atoms. The fraction of sp³-hybridized carbons (Fsp3) is 0.452. The zero-order valence-corrected chi connectivity index (χ0v) is 21.8. The molecule has 3 atom stereocenters. The van der Waals surface area contributed by atoms with Gasteiger partial charge in [0.15, 0.2) is 0 Å². The van der Waals surface area contributed by atoms with Crippen molar-refractivity contribution in [3.05, 3.63) is 72.1 Å². The molecule has 1 aromatic heterocycles. The highest BCUT2D eigenvalue weighted by Crippen LogP contribution is 2.50. The summed E-state index contributed by atoms with van der Waals surface area (Å²) in [5.41, 5.74) is 8.08. The number of esters is 1. The van der Waals surface area contributed by atoms with E-state index in [9.17, 15) is 9.59 Å². The lowest BCUT2D eigenvalue weighted by Gasteiger charge is -2.45. The third kappa shape index (κ3) is 5.69. The molecular formula is C31H37N3O3. The molecule has 3 aromatic rings. The van der Waals surface area contributed by atoms with E-state index in [0.717, 1.165) is 46.3 Å². The first-order valence-corrected chi connectivity index (χ1v) is 13.4. The molecule has 3 N–H and O–H groups in total. The number of hydrogen-bond donors (Lipinski definition) is 2. The molecule has 0 spiro atoms. The number of aromatic nitrogens is 1. The third-order valence-electron chi connectivity index (χ3n) is 8.32. The maximum atomic E-state index is 13.1. The van der Waals surface area contributed by atoms with Gasteiger partial charge in [-0.15, -0.1) is 0 Å². The number of nitrogens with one attached hydrogen (secondary N) is 1. The highest BCUT2D eigenvalue weighted by Gasteiger charge is 2.46. The van der Waals surface area contributed by atoms with Gasteiger partial charge >= 0.3 is 5.97 Å². The monoisotopic (exact) mass is 499 g/mol. The van der Waals surface area contributed by atoms with Crippen LogP contribution in [0, 0.1) is 23.2 Å². The van der Waals surface area contributed by atoms with Gasteiger partial charge < -0.3 is 15.8 Å². The first-order chi connectivity index (χ1) is 17.8. The fourth-order valence-electron chi connectivity index (χ4n) is 6.71. The van der Waals surface area contributed by atoms with Gasteiger partial charge in [-0.05, 0) is 91.5 Å². The highest BCUT2D eigenvalue weighted by atomic mass is 16.5. The van der Waals surface area contributed by atoms with Crippen molar-refractivity contribution in [1.82, 2.24) is 4.98 Å². The Hall–Kier alpha value is -3.25. The molecule has 37 heavy (non-hydrogen) atoms. The van der Waals surface area contributed by atoms with Crippen molar-refractivity contribution in [2.45, 2.75) is 58.5 Å². The van der Waals surface area contributed by atoms with Crippen molar-refractivity contribution >= 4 is 28.3 Å². The van der Waals surface area contributed by atoms with Gasteiger partial charge in [-0.1, -0.05) is 37.3 Å². The molecule has 194 valence electrons. The normalized spacial score (nSPS) is 25.9. The number of anilines is 1. The molecule has 2 aliphatic rings. The Balaban J connectivity index is 1.18. The molecule has 6 nitrogen and oxygen atoms in total. The van der Waals surface area contributed by atoms with Crippen molar-refractivity contribution in [1.29, 1.82) is 0 Å². The van der Waals surface area contributed by atoms with E-state index < -0.39 is 5.92 Å². The first kappa shape index (κ1) is 25.4. The van der Waals surface area contributed by atoms with Crippen molar-refractivity contribution in [3.8, 4) is 0 Å². The predicted molar refractivity (Wildman–Crippen MR) is 146 cm³/mol. The molecule has 5 rings (SSSR count). The molecule has 2 saturated carbocycles. The average Bonchev–Trinajstić information content (AvgIpc) is 2.87. The topological polar surface area (TPSA) is 94.3 Å². The summed E-state index contributed by atoms with van der Waals surface area (Å²) >= 11 is 0. The summed E-state index contributed by atoms with van der Waals surface area (Å²) in [4.78, 5) is 30.2. The molecule has 0 radical (unpaired) electrons. The number of amides is 1. The number of carbonyl (C=O) groups excluding carboxylic acids is 2. The van der Waals surface area contributed by atoms with Crippen LogP contribution >= 0.6 is 0 Å². The number of hydrogen-bond acceptors (Lipinski definition) is 5. The van der Waals surface area contributed by atoms with E-state index in [-0.39, 0.29) is 30.4 Å². The second-order valence-electron chi connectivity index (χ2n) is 11.5. The van der Waals surface area contributed by atoms with E-state index >= 15 is 0 Å². The Morgan fingerprint density at radius 3 is 2.49 bits per heavy atom. The van der Waals surface area contributed by atoms with E-state index in [1.807, 2.05) is 48.5 Å². The number of pyridine rings is 1. The van der Waals surface area contributed by atoms with Gasteiger partial charge in [0.05, 0.1) is 11.3 Å². The van der Waals surface area contributed by atoms with Gasteiger partial charge in [0, 0.05) is 30.0 Å². The van der Waals surface area contributed by atoms with Crippen molar-refractivity contribution in [2.24, 2.45) is 28.9 Å². The largest absolute Gasteiger partial charge is 0.460 e. The van der Waals surface area contributed by atoms with E-state index in [1.54, 1.807) is 12.4 Å². The Bertz CT molecular complexity index is 1250. The minimum Gasteiger partial charge on any atom is -0.460 e. The molecular weight excluding hydrogens is 462 g/mol. The van der Waals surface area contributed by atoms with Crippen LogP contribution in [0.1, 0.15) is 63.0 Å². The summed E-state index contributed by atoms with van der Waals surface area (Å²) in [6.45, 7) is 4.86. The van der Waals surface area contributed by atoms with E-state index in [2.05, 4.69) is 24.1 Å². The van der Waals surface area contributed by atoms with Crippen molar-refractivity contribution in [2.75, 3.05) is 11.9 Å². The summed E-state index contributed by atoms with van der Waals surface area (Å²) in [7, 11) is 0. The Labute approximate surface area is 219 Å². The maximum Gasteiger partial charge on any atom is 0.312 e. The average molecular weight is 500 g/mol. The van der Waals surface area contributed by atoms with Crippen LogP contribution < -0.4 is 11.1 Å². The smallest absolute Gasteiger partial charge is 0.312 e. The Morgan fingerprint density at radius 2 is 1.78 bits per heavy atom. The predicted octanol–water partition coefficient (Wildman–Crippen LogP) is 5.81. The number of nitrogens with two attached hydrogens (primary N) is 1. The minimum atomic E-state index is -0.479. The second kappa shape index (κ2) is 10.6. The summed E-state index contributed by atoms with van der Waals surface area (Å²) in [6.07, 6.45) is 9.13. The molecule has 2 fully saturated rings. The number of nitrogens with zero attached hydrogens (tertiary/aromatic N) is 1. The van der Waals surface area contributed by atoms with Crippen LogP contribution in [0.5, 0.6) is 0 Å². The van der Waals surface area contributed by atoms with Gasteiger partial charge in [-0.25, -0.2) is 0 Å². The maximum absolute atomic E-state index is 13.1. The second-order valence-corrected chi connectivity index (χ2v) is 11.5. The van der Waals surface area contributed by atoms with Gasteiger partial charge in [0.1, 0.15) is 6.61 Å². The van der Waals surface area contributed by atoms with E-state index in [1.165, 1.54) is 19.3 Å². The quantitative estimate of drug-likeness (QED) is 0.400. The fourth-order valence-corrected chi connectivity index (χ4v) is 6.71. The number of carbonyl (C=O) groups is 2. The summed E-state index contributed by atoms with van der Waals surface area (Å²) in [5, 5.41) is 5.02. The molecule has 3 unspecified atom stereocenters. The van der Waals surface area contributed by atoms with Crippen LogP contribution in [0.4, 0.5) is 5.69 Å². The molecule has 0 aliphatic heterocycles. The summed E-state index contributed by atoms with van der Waals surface area (Å²) in [6, 6.07) is 15.3. The highest BCUT2D eigenvalue weighted by molar-refractivity contribution is 5.98. The number of ether oxygens (including phenoxy) is 1. The molecule has 1 amide bonds. The molecule has 2 aromatic carbocycles. The zero-order valence-electron chi connectivity index (χ0n) is 21.8. The van der Waals surface area contributed by atoms with Crippen molar-refractivity contribution in [3.63, 3.8) is 0 Å². The number of fused-ring (bicyclic) bond motifs is 3. The SMILES string of the molecule is CC1CC2CC(C1)CC(C)(C(=O)OCc1ccc(C(CN)C(=O)Nc3ccc4cnccc4c3)cc1)C2. The van der Waals surface area contributed by atoms with Gasteiger partial charge in [-0.3, -0.25) is 14.6 Å². The van der Waals surface area contributed by atoms with Crippen LogP contribution in [-0.2, 0) is 20.9 Å². The van der Waals surface area contributed by atoms with Crippen LogP contribution in [0.3, 0.4) is 0 Å². The van der Waals surface area contributed by atoms with Crippen LogP contribution in [0.15, 0.2) is 60.9 Å². The zero-order chi connectivity index (χ0) is 26.0. The molecule has 1 heterocycles. The number of rotatable bonds is 7. The summed E-state index contributed by atoms with van der Waals surface area (Å²) in [5.74, 6) is 1.35. The molecule has 6 heteroatoms. The van der Waals surface area contributed by atoms with Gasteiger partial charge in [0.25, 0.3) is 0 Å². The van der Waals surface area contributed by atoms with Crippen LogP contribution in [-0.4, -0.2) is 23.4 Å². The molecule has 2 aliphatic carbocycles. The Morgan fingerprint density at radius 1 is 1.05 bits per heavy atom. The lowest BCUT2D eigenvalue weighted by atomic mass is 9.59. The Kier molecular flexibility index (Phi) is 7.29. The van der Waals surface area contributed by atoms with Gasteiger partial charge in [-0.2, -0.15) is 0 Å². The first-order valence-electron chi connectivity index (χ1n) is 13.4. The molecule has 0 saturated heterocycles. The lowest BCUT2D eigenvalue weighted by Crippen LogP contribution is -2.41. The van der Waals surface area contributed by atoms with E-state index in [0.29, 0.717) is 11.8 Å². The number of benzene rings is 2. The van der Waals surface area contributed by atoms with Crippen molar-refractivity contribution < 1.29 is 14.3 Å². The van der Waals surface area contributed by atoms with E-state index in [4.69, 9.17) is 10.5 Å². The lowest BCUT2D eigenvalue weighted by molar-refractivity contribution is -0.162. The standard InChI is InChI=1S/C31H37N3O3/c1-20-11-22-13-23(12-20)16-31(2,15-22)30(36)37-19-21-3-5-24(6-4-21)28(17-32)29(35)34-27-8-7-26-18-33-10-9-25(26)14-27/h3-10,14,18,20,22-23,28H,11-13,15-17,19,32H2,1-2H3,(H,34,35). The van der Waals surface area contributed by atoms with Gasteiger partial charge in [0.2, 0.25) is 5.91 Å². The minimum absolute atomic E-state index is 0.0776. The van der Waals surface area contributed by atoms with Crippen LogP contribution in [0.25, 0.3) is 10.8 Å². The third-order valence-corrected chi connectivity index (χ3v) is 8.32.